The van der Waals surface area contributed by atoms with Gasteiger partial charge in [0, 0.05) is 25.2 Å². The van der Waals surface area contributed by atoms with E-state index in [0.717, 1.165) is 30.5 Å². The first kappa shape index (κ1) is 16.7. The third-order valence-electron chi connectivity index (χ3n) is 5.11. The van der Waals surface area contributed by atoms with Crippen molar-refractivity contribution in [2.24, 2.45) is 5.41 Å². The Balaban J connectivity index is 1.78. The number of nitrogens with one attached hydrogen (secondary N) is 1. The van der Waals surface area contributed by atoms with Gasteiger partial charge in [-0.3, -0.25) is 9.59 Å². The largest absolute Gasteiger partial charge is 0.351 e. The van der Waals surface area contributed by atoms with Crippen LogP contribution in [0.4, 0.5) is 4.39 Å². The minimum absolute atomic E-state index is 0.0243. The summed E-state index contributed by atoms with van der Waals surface area (Å²) < 4.78 is 13.0. The van der Waals surface area contributed by atoms with Crippen molar-refractivity contribution in [2.45, 2.75) is 45.6 Å². The molecule has 4 nitrogen and oxygen atoms in total. The van der Waals surface area contributed by atoms with E-state index in [1.165, 1.54) is 12.1 Å². The van der Waals surface area contributed by atoms with E-state index in [1.54, 1.807) is 17.0 Å². The zero-order valence-electron chi connectivity index (χ0n) is 14.0. The first-order valence-electron chi connectivity index (χ1n) is 8.60. The Bertz CT molecular complexity index is 668. The first-order chi connectivity index (χ1) is 11.6. The molecule has 1 aromatic rings. The van der Waals surface area contributed by atoms with Gasteiger partial charge in [-0.15, -0.1) is 0 Å². The summed E-state index contributed by atoms with van der Waals surface area (Å²) in [6, 6.07) is 6.13. The van der Waals surface area contributed by atoms with Crippen molar-refractivity contribution >= 4 is 11.8 Å². The maximum atomic E-state index is 13.0. The zero-order chi connectivity index (χ0) is 17.2. The average Bonchev–Trinajstić information content (AvgIpc) is 2.61. The summed E-state index contributed by atoms with van der Waals surface area (Å²) in [5.41, 5.74) is 1.15. The van der Waals surface area contributed by atoms with E-state index < -0.39 is 5.41 Å². The smallest absolute Gasteiger partial charge is 0.232 e. The molecular formula is C19H23FN2O2. The molecule has 1 heterocycles. The summed E-state index contributed by atoms with van der Waals surface area (Å²) in [4.78, 5) is 26.9. The Morgan fingerprint density at radius 1 is 1.29 bits per heavy atom. The van der Waals surface area contributed by atoms with Crippen LogP contribution in [-0.4, -0.2) is 23.3 Å². The van der Waals surface area contributed by atoms with Crippen molar-refractivity contribution in [1.82, 2.24) is 10.2 Å². The molecule has 1 atom stereocenters. The average molecular weight is 330 g/mol. The predicted molar refractivity (Wildman–Crippen MR) is 89.2 cm³/mol. The summed E-state index contributed by atoms with van der Waals surface area (Å²) in [5.74, 6) is -0.207. The fraction of sp³-hybridized carbons (Fsp3) is 0.474. The van der Waals surface area contributed by atoms with Gasteiger partial charge < -0.3 is 10.2 Å². The topological polar surface area (TPSA) is 49.4 Å². The van der Waals surface area contributed by atoms with E-state index in [-0.39, 0.29) is 17.6 Å². The number of benzene rings is 1. The Labute approximate surface area is 141 Å². The van der Waals surface area contributed by atoms with Crippen LogP contribution in [0.5, 0.6) is 0 Å². The lowest BCUT2D eigenvalue weighted by molar-refractivity contribution is -0.140. The molecule has 1 aliphatic heterocycles. The van der Waals surface area contributed by atoms with Gasteiger partial charge in [0.15, 0.2) is 0 Å². The fourth-order valence-corrected chi connectivity index (χ4v) is 3.82. The minimum Gasteiger partial charge on any atom is -0.351 e. The van der Waals surface area contributed by atoms with Crippen LogP contribution in [0.3, 0.4) is 0 Å². The molecule has 1 aliphatic carbocycles. The quantitative estimate of drug-likeness (QED) is 0.922. The second-order valence-electron chi connectivity index (χ2n) is 6.51. The Morgan fingerprint density at radius 3 is 2.75 bits per heavy atom. The number of allylic oxidation sites excluding steroid dienone is 1. The van der Waals surface area contributed by atoms with Gasteiger partial charge >= 0.3 is 0 Å². The SMILES string of the molecule is CCN1C(=O)CCC2(C(=O)NCc3ccc(F)cc3)CCCC=C12. The van der Waals surface area contributed by atoms with Crippen LogP contribution in [0.1, 0.15) is 44.6 Å². The number of likely N-dealkylation sites (tertiary alicyclic amines) is 1. The van der Waals surface area contributed by atoms with Gasteiger partial charge in [-0.2, -0.15) is 0 Å². The van der Waals surface area contributed by atoms with Crippen molar-refractivity contribution in [2.75, 3.05) is 6.54 Å². The monoisotopic (exact) mass is 330 g/mol. The summed E-state index contributed by atoms with van der Waals surface area (Å²) in [5, 5.41) is 3.00. The number of hydrogen-bond acceptors (Lipinski definition) is 2. The van der Waals surface area contributed by atoms with Crippen LogP contribution in [0, 0.1) is 11.2 Å². The number of nitrogens with zero attached hydrogens (tertiary/aromatic N) is 1. The molecule has 2 aliphatic rings. The Kier molecular flexibility index (Phi) is 4.69. The molecule has 1 saturated heterocycles. The van der Waals surface area contributed by atoms with Crippen molar-refractivity contribution in [3.8, 4) is 0 Å². The highest BCUT2D eigenvalue weighted by molar-refractivity contribution is 5.91. The molecule has 0 radical (unpaired) electrons. The number of rotatable bonds is 4. The molecule has 5 heteroatoms. The van der Waals surface area contributed by atoms with Gasteiger partial charge in [0.25, 0.3) is 0 Å². The molecule has 1 N–H and O–H groups in total. The van der Waals surface area contributed by atoms with Gasteiger partial charge in [-0.1, -0.05) is 18.2 Å². The highest BCUT2D eigenvalue weighted by Gasteiger charge is 2.48. The second kappa shape index (κ2) is 6.75. The Morgan fingerprint density at radius 2 is 2.04 bits per heavy atom. The van der Waals surface area contributed by atoms with Crippen LogP contribution >= 0.6 is 0 Å². The molecule has 0 aromatic heterocycles. The van der Waals surface area contributed by atoms with E-state index in [2.05, 4.69) is 11.4 Å². The predicted octanol–water partition coefficient (Wildman–Crippen LogP) is 3.14. The zero-order valence-corrected chi connectivity index (χ0v) is 14.0. The molecular weight excluding hydrogens is 307 g/mol. The normalized spacial score (nSPS) is 23.5. The maximum Gasteiger partial charge on any atom is 0.232 e. The van der Waals surface area contributed by atoms with E-state index >= 15 is 0 Å². The van der Waals surface area contributed by atoms with E-state index in [0.29, 0.717) is 25.9 Å². The third kappa shape index (κ3) is 2.95. The molecule has 2 amide bonds. The van der Waals surface area contributed by atoms with Crippen LogP contribution in [0.2, 0.25) is 0 Å². The van der Waals surface area contributed by atoms with Crippen LogP contribution in [0.15, 0.2) is 36.0 Å². The molecule has 1 unspecified atom stereocenters. The van der Waals surface area contributed by atoms with Gasteiger partial charge in [0.2, 0.25) is 11.8 Å². The maximum absolute atomic E-state index is 13.0. The standard InChI is InChI=1S/C19H23FN2O2/c1-2-22-16-5-3-4-11-19(16,12-10-17(22)23)18(24)21-13-14-6-8-15(20)9-7-14/h5-9H,2-4,10-13H2,1H3,(H,21,24). The van der Waals surface area contributed by atoms with Gasteiger partial charge in [-0.05, 0) is 50.3 Å². The summed E-state index contributed by atoms with van der Waals surface area (Å²) >= 11 is 0. The first-order valence-corrected chi connectivity index (χ1v) is 8.60. The number of halogens is 1. The number of fused-ring (bicyclic) bond motifs is 1. The van der Waals surface area contributed by atoms with Crippen LogP contribution < -0.4 is 5.32 Å². The number of piperidine rings is 1. The molecule has 0 saturated carbocycles. The fourth-order valence-electron chi connectivity index (χ4n) is 3.82. The van der Waals surface area contributed by atoms with Crippen LogP contribution in [-0.2, 0) is 16.1 Å². The molecule has 128 valence electrons. The lowest BCUT2D eigenvalue weighted by Crippen LogP contribution is -2.52. The van der Waals surface area contributed by atoms with E-state index in [1.807, 2.05) is 6.92 Å². The molecule has 1 aromatic carbocycles. The molecule has 0 spiro atoms. The van der Waals surface area contributed by atoms with Crippen LogP contribution in [0.25, 0.3) is 0 Å². The van der Waals surface area contributed by atoms with Gasteiger partial charge in [0.1, 0.15) is 5.82 Å². The second-order valence-corrected chi connectivity index (χ2v) is 6.51. The van der Waals surface area contributed by atoms with Crippen molar-refractivity contribution in [3.63, 3.8) is 0 Å². The van der Waals surface area contributed by atoms with Gasteiger partial charge in [-0.25, -0.2) is 4.39 Å². The summed E-state index contributed by atoms with van der Waals surface area (Å²) in [6.45, 7) is 2.91. The lowest BCUT2D eigenvalue weighted by Gasteiger charge is -2.45. The van der Waals surface area contributed by atoms with Crippen molar-refractivity contribution < 1.29 is 14.0 Å². The highest BCUT2D eigenvalue weighted by Crippen LogP contribution is 2.46. The lowest BCUT2D eigenvalue weighted by atomic mass is 9.69. The molecule has 3 rings (SSSR count). The van der Waals surface area contributed by atoms with Gasteiger partial charge in [0.05, 0.1) is 5.41 Å². The molecule has 0 bridgehead atoms. The summed E-state index contributed by atoms with van der Waals surface area (Å²) in [7, 11) is 0. The summed E-state index contributed by atoms with van der Waals surface area (Å²) in [6.07, 6.45) is 5.68. The number of carbonyl (C=O) groups is 2. The van der Waals surface area contributed by atoms with E-state index in [9.17, 15) is 14.0 Å². The Hall–Kier alpha value is -2.17. The third-order valence-corrected chi connectivity index (χ3v) is 5.11. The van der Waals surface area contributed by atoms with Crippen molar-refractivity contribution in [1.29, 1.82) is 0 Å². The minimum atomic E-state index is -0.595. The number of hydrogen-bond donors (Lipinski definition) is 1. The molecule has 24 heavy (non-hydrogen) atoms. The molecule has 1 fully saturated rings. The highest BCUT2D eigenvalue weighted by atomic mass is 19.1. The van der Waals surface area contributed by atoms with E-state index in [4.69, 9.17) is 0 Å². The van der Waals surface area contributed by atoms with Crippen molar-refractivity contribution in [3.05, 3.63) is 47.4 Å². The number of amides is 2. The number of carbonyl (C=O) groups excluding carboxylic acids is 2.